The first-order valence-electron chi connectivity index (χ1n) is 10.5. The van der Waals surface area contributed by atoms with E-state index in [2.05, 4.69) is 10.3 Å². The van der Waals surface area contributed by atoms with Crippen molar-refractivity contribution in [2.75, 3.05) is 4.90 Å². The van der Waals surface area contributed by atoms with E-state index in [-0.39, 0.29) is 17.6 Å². The first kappa shape index (κ1) is 20.9. The molecule has 0 bridgehead atoms. The van der Waals surface area contributed by atoms with E-state index >= 15 is 0 Å². The zero-order valence-corrected chi connectivity index (χ0v) is 18.6. The Kier molecular flexibility index (Phi) is 5.40. The van der Waals surface area contributed by atoms with Gasteiger partial charge in [-0.2, -0.15) is 0 Å². The van der Waals surface area contributed by atoms with Gasteiger partial charge in [-0.15, -0.1) is 0 Å². The SMILES string of the molecule is Cc1ccc(N2C(=S)NC(c3ccccn3)C2c2ccc(-c3cccc(C(=O)O)c3)o2)cc1. The first-order valence-corrected chi connectivity index (χ1v) is 10.9. The van der Waals surface area contributed by atoms with Crippen LogP contribution in [0.2, 0.25) is 0 Å². The van der Waals surface area contributed by atoms with E-state index in [1.54, 1.807) is 24.4 Å². The molecule has 0 aliphatic carbocycles. The molecule has 0 amide bonds. The average Bonchev–Trinajstić information content (AvgIpc) is 3.45. The van der Waals surface area contributed by atoms with Gasteiger partial charge in [0.05, 0.1) is 17.3 Å². The number of nitrogens with zero attached hydrogens (tertiary/aromatic N) is 2. The lowest BCUT2D eigenvalue weighted by molar-refractivity contribution is 0.0697. The van der Waals surface area contributed by atoms with Crippen molar-refractivity contribution >= 4 is 29.0 Å². The zero-order valence-electron chi connectivity index (χ0n) is 17.8. The van der Waals surface area contributed by atoms with Crippen LogP contribution < -0.4 is 10.2 Å². The maximum absolute atomic E-state index is 11.4. The van der Waals surface area contributed by atoms with Gasteiger partial charge in [0.2, 0.25) is 0 Å². The smallest absolute Gasteiger partial charge is 0.335 e. The van der Waals surface area contributed by atoms with E-state index in [0.29, 0.717) is 22.2 Å². The zero-order chi connectivity index (χ0) is 22.9. The number of thiocarbonyl (C=S) groups is 1. The molecule has 33 heavy (non-hydrogen) atoms. The lowest BCUT2D eigenvalue weighted by Crippen LogP contribution is -2.29. The highest BCUT2D eigenvalue weighted by molar-refractivity contribution is 7.80. The summed E-state index contributed by atoms with van der Waals surface area (Å²) in [6, 6.07) is 24.0. The van der Waals surface area contributed by atoms with Crippen LogP contribution in [0, 0.1) is 6.92 Å². The van der Waals surface area contributed by atoms with E-state index in [0.717, 1.165) is 16.9 Å². The van der Waals surface area contributed by atoms with Gasteiger partial charge in [-0.1, -0.05) is 35.9 Å². The third-order valence-electron chi connectivity index (χ3n) is 5.72. The second kappa shape index (κ2) is 8.52. The number of hydrogen-bond acceptors (Lipinski definition) is 4. The van der Waals surface area contributed by atoms with Gasteiger partial charge < -0.3 is 19.7 Å². The second-order valence-electron chi connectivity index (χ2n) is 7.92. The van der Waals surface area contributed by atoms with Gasteiger partial charge in [0, 0.05) is 17.4 Å². The number of furan rings is 1. The maximum Gasteiger partial charge on any atom is 0.335 e. The monoisotopic (exact) mass is 455 g/mol. The summed E-state index contributed by atoms with van der Waals surface area (Å²) in [6.07, 6.45) is 1.76. The molecule has 2 N–H and O–H groups in total. The molecule has 7 heteroatoms. The maximum atomic E-state index is 11.4. The van der Waals surface area contributed by atoms with Crippen molar-refractivity contribution in [1.29, 1.82) is 0 Å². The topological polar surface area (TPSA) is 78.6 Å². The highest BCUT2D eigenvalue weighted by Crippen LogP contribution is 2.42. The molecule has 2 aromatic heterocycles. The number of carboxylic acid groups (broad SMARTS) is 1. The minimum atomic E-state index is -0.977. The number of aryl methyl sites for hydroxylation is 1. The quantitative estimate of drug-likeness (QED) is 0.383. The molecule has 164 valence electrons. The summed E-state index contributed by atoms with van der Waals surface area (Å²) in [4.78, 5) is 18.0. The molecular weight excluding hydrogens is 434 g/mol. The Balaban J connectivity index is 1.58. The van der Waals surface area contributed by atoms with Gasteiger partial charge in [-0.05, 0) is 67.7 Å². The van der Waals surface area contributed by atoms with Crippen molar-refractivity contribution in [3.8, 4) is 11.3 Å². The first-order chi connectivity index (χ1) is 16.0. The molecule has 1 aliphatic heterocycles. The van der Waals surface area contributed by atoms with Crippen molar-refractivity contribution in [1.82, 2.24) is 10.3 Å². The number of carbonyl (C=O) groups is 1. The lowest BCUT2D eigenvalue weighted by Gasteiger charge is -2.26. The van der Waals surface area contributed by atoms with Crippen molar-refractivity contribution in [3.05, 3.63) is 108 Å². The molecule has 5 rings (SSSR count). The van der Waals surface area contributed by atoms with Gasteiger partial charge >= 0.3 is 5.97 Å². The van der Waals surface area contributed by atoms with Crippen LogP contribution in [0.15, 0.2) is 89.5 Å². The molecule has 6 nitrogen and oxygen atoms in total. The molecule has 0 radical (unpaired) electrons. The van der Waals surface area contributed by atoms with Gasteiger partial charge in [0.15, 0.2) is 5.11 Å². The van der Waals surface area contributed by atoms with Crippen LogP contribution in [0.1, 0.15) is 39.5 Å². The number of carboxylic acids is 1. The van der Waals surface area contributed by atoms with Crippen molar-refractivity contribution in [2.24, 2.45) is 0 Å². The molecular formula is C26H21N3O3S. The largest absolute Gasteiger partial charge is 0.478 e. The lowest BCUT2D eigenvalue weighted by atomic mass is 10.0. The minimum absolute atomic E-state index is 0.210. The molecule has 1 aliphatic rings. The minimum Gasteiger partial charge on any atom is -0.478 e. The normalized spacial score (nSPS) is 17.7. The fourth-order valence-corrected chi connectivity index (χ4v) is 4.45. The second-order valence-corrected chi connectivity index (χ2v) is 8.31. The predicted molar refractivity (Wildman–Crippen MR) is 130 cm³/mol. The Morgan fingerprint density at radius 2 is 1.88 bits per heavy atom. The predicted octanol–water partition coefficient (Wildman–Crippen LogP) is 5.53. The molecule has 3 heterocycles. The molecule has 1 fully saturated rings. The summed E-state index contributed by atoms with van der Waals surface area (Å²) in [7, 11) is 0. The summed E-state index contributed by atoms with van der Waals surface area (Å²) < 4.78 is 6.30. The Morgan fingerprint density at radius 3 is 2.61 bits per heavy atom. The molecule has 2 unspecified atom stereocenters. The van der Waals surface area contributed by atoms with Crippen molar-refractivity contribution in [3.63, 3.8) is 0 Å². The number of benzene rings is 2. The molecule has 2 atom stereocenters. The fourth-order valence-electron chi connectivity index (χ4n) is 4.10. The number of pyridine rings is 1. The number of nitrogens with one attached hydrogen (secondary N) is 1. The van der Waals surface area contributed by atoms with E-state index in [9.17, 15) is 9.90 Å². The van der Waals surface area contributed by atoms with Crippen LogP contribution in [0.5, 0.6) is 0 Å². The fraction of sp³-hybridized carbons (Fsp3) is 0.115. The van der Waals surface area contributed by atoms with Gasteiger partial charge in [0.1, 0.15) is 17.6 Å². The number of aromatic carboxylic acids is 1. The summed E-state index contributed by atoms with van der Waals surface area (Å²) in [5, 5.41) is 13.3. The van der Waals surface area contributed by atoms with Crippen LogP contribution in [0.25, 0.3) is 11.3 Å². The molecule has 1 saturated heterocycles. The Labute approximate surface area is 196 Å². The summed E-state index contributed by atoms with van der Waals surface area (Å²) in [6.45, 7) is 2.04. The van der Waals surface area contributed by atoms with Gasteiger partial charge in [-0.3, -0.25) is 4.98 Å². The molecule has 4 aromatic rings. The van der Waals surface area contributed by atoms with E-state index < -0.39 is 5.97 Å². The highest BCUT2D eigenvalue weighted by Gasteiger charge is 2.42. The van der Waals surface area contributed by atoms with E-state index in [4.69, 9.17) is 16.6 Å². The van der Waals surface area contributed by atoms with Crippen LogP contribution in [-0.2, 0) is 0 Å². The average molecular weight is 456 g/mol. The third kappa shape index (κ3) is 3.99. The summed E-state index contributed by atoms with van der Waals surface area (Å²) in [5.41, 5.74) is 3.87. The van der Waals surface area contributed by atoms with Crippen LogP contribution in [0.4, 0.5) is 5.69 Å². The highest BCUT2D eigenvalue weighted by atomic mass is 32.1. The van der Waals surface area contributed by atoms with Crippen LogP contribution >= 0.6 is 12.2 Å². The van der Waals surface area contributed by atoms with Crippen LogP contribution in [-0.4, -0.2) is 21.2 Å². The number of rotatable bonds is 5. The standard InChI is InChI=1S/C26H21N3O3S/c1-16-8-10-19(11-9-16)29-24(23(28-26(29)33)20-7-2-3-14-27-20)22-13-12-21(32-22)17-5-4-6-18(15-17)25(30)31/h2-15,23-24H,1H3,(H,28,33)(H,30,31). The summed E-state index contributed by atoms with van der Waals surface area (Å²) in [5.74, 6) is 0.318. The number of hydrogen-bond donors (Lipinski definition) is 2. The molecule has 2 aromatic carbocycles. The Hall–Kier alpha value is -3.97. The molecule has 0 saturated carbocycles. The third-order valence-corrected chi connectivity index (χ3v) is 6.04. The summed E-state index contributed by atoms with van der Waals surface area (Å²) >= 11 is 5.74. The number of anilines is 1. The Bertz CT molecular complexity index is 1320. The van der Waals surface area contributed by atoms with Crippen molar-refractivity contribution in [2.45, 2.75) is 19.0 Å². The van der Waals surface area contributed by atoms with Gasteiger partial charge in [0.25, 0.3) is 0 Å². The van der Waals surface area contributed by atoms with Gasteiger partial charge in [-0.25, -0.2) is 4.79 Å². The number of aromatic nitrogens is 1. The van der Waals surface area contributed by atoms with E-state index in [1.807, 2.05) is 72.5 Å². The van der Waals surface area contributed by atoms with Crippen LogP contribution in [0.3, 0.4) is 0 Å². The van der Waals surface area contributed by atoms with Crippen molar-refractivity contribution < 1.29 is 14.3 Å². The molecule has 0 spiro atoms. The Morgan fingerprint density at radius 1 is 1.06 bits per heavy atom. The van der Waals surface area contributed by atoms with E-state index in [1.165, 1.54) is 0 Å².